The minimum Gasteiger partial charge on any atom is -0.321 e. The molecule has 0 fully saturated rings. The average molecular weight is 478 g/mol. The number of azo groups is 1. The Morgan fingerprint density at radius 1 is 0.818 bits per heavy atom. The van der Waals surface area contributed by atoms with Gasteiger partial charge in [-0.3, -0.25) is 19.7 Å². The van der Waals surface area contributed by atoms with Gasteiger partial charge < -0.3 is 10.6 Å². The largest absolute Gasteiger partial charge is 0.321 e. The number of anilines is 2. The highest BCUT2D eigenvalue weighted by Crippen LogP contribution is 2.31. The number of nitrogens with one attached hydrogen (secondary N) is 2. The fraction of sp³-hybridized carbons (Fsp3) is 0. The van der Waals surface area contributed by atoms with Gasteiger partial charge >= 0.3 is 0 Å². The Labute approximate surface area is 195 Å². The van der Waals surface area contributed by atoms with E-state index in [2.05, 4.69) is 20.9 Å². The van der Waals surface area contributed by atoms with Crippen LogP contribution in [0.5, 0.6) is 0 Å². The summed E-state index contributed by atoms with van der Waals surface area (Å²) in [5.41, 5.74) is 1.54. The Morgan fingerprint density at radius 3 is 2.03 bits per heavy atom. The molecule has 0 aliphatic rings. The Morgan fingerprint density at radius 2 is 1.45 bits per heavy atom. The van der Waals surface area contributed by atoms with Crippen molar-refractivity contribution in [3.63, 3.8) is 0 Å². The summed E-state index contributed by atoms with van der Waals surface area (Å²) in [6.45, 7) is 0. The minimum atomic E-state index is -0.498. The van der Waals surface area contributed by atoms with Crippen LogP contribution in [0, 0.1) is 10.1 Å². The third-order valence-electron chi connectivity index (χ3n) is 4.33. The fourth-order valence-corrected chi connectivity index (χ4v) is 3.98. The van der Waals surface area contributed by atoms with Gasteiger partial charge in [-0.25, -0.2) is 0 Å². The van der Waals surface area contributed by atoms with E-state index in [4.69, 9.17) is 0 Å². The molecule has 0 radical (unpaired) electrons. The maximum absolute atomic E-state index is 12.6. The fourth-order valence-electron chi connectivity index (χ4n) is 2.75. The van der Waals surface area contributed by atoms with Crippen molar-refractivity contribution in [2.24, 2.45) is 10.2 Å². The molecule has 0 spiro atoms. The van der Waals surface area contributed by atoms with Crippen LogP contribution in [-0.4, -0.2) is 16.7 Å². The second-order valence-electron chi connectivity index (χ2n) is 6.57. The van der Waals surface area contributed by atoms with Gasteiger partial charge in [0.1, 0.15) is 5.69 Å². The molecular weight excluding hydrogens is 462 g/mol. The zero-order valence-corrected chi connectivity index (χ0v) is 18.4. The van der Waals surface area contributed by atoms with Crippen molar-refractivity contribution in [1.29, 1.82) is 0 Å². The van der Waals surface area contributed by atoms with Gasteiger partial charge in [-0.15, -0.1) is 27.8 Å². The summed E-state index contributed by atoms with van der Waals surface area (Å²) in [6.07, 6.45) is 0. The summed E-state index contributed by atoms with van der Waals surface area (Å²) in [7, 11) is 0. The lowest BCUT2D eigenvalue weighted by Gasteiger charge is -2.10. The van der Waals surface area contributed by atoms with Crippen molar-refractivity contribution in [2.45, 2.75) is 0 Å². The van der Waals surface area contributed by atoms with Gasteiger partial charge in [0.2, 0.25) is 0 Å². The molecule has 2 aromatic carbocycles. The molecule has 0 unspecified atom stereocenters. The highest BCUT2D eigenvalue weighted by atomic mass is 32.1. The SMILES string of the molecule is O=C(Nc1ccc(N=Nc2ccc([N+](=O)[O-])cc2)c(NC(=O)c2cccs2)c1)c1cccs1. The summed E-state index contributed by atoms with van der Waals surface area (Å²) in [5, 5.41) is 28.3. The van der Waals surface area contributed by atoms with Crippen molar-refractivity contribution in [1.82, 2.24) is 0 Å². The summed E-state index contributed by atoms with van der Waals surface area (Å²) < 4.78 is 0. The van der Waals surface area contributed by atoms with Gasteiger partial charge in [0, 0.05) is 17.8 Å². The summed E-state index contributed by atoms with van der Waals surface area (Å²) in [4.78, 5) is 36.4. The van der Waals surface area contributed by atoms with Crippen LogP contribution in [0.25, 0.3) is 0 Å². The smallest absolute Gasteiger partial charge is 0.269 e. The Balaban J connectivity index is 1.60. The summed E-state index contributed by atoms with van der Waals surface area (Å²) in [6, 6.07) is 17.4. The van der Waals surface area contributed by atoms with E-state index >= 15 is 0 Å². The molecule has 2 aromatic heterocycles. The molecule has 0 saturated heterocycles. The Hall–Kier alpha value is -4.22. The highest BCUT2D eigenvalue weighted by molar-refractivity contribution is 7.12. The predicted octanol–water partition coefficient (Wildman–Crippen LogP) is 6.64. The van der Waals surface area contributed by atoms with Crippen molar-refractivity contribution < 1.29 is 14.5 Å². The van der Waals surface area contributed by atoms with E-state index in [1.165, 1.54) is 46.9 Å². The van der Waals surface area contributed by atoms with E-state index in [9.17, 15) is 19.7 Å². The lowest BCUT2D eigenvalue weighted by molar-refractivity contribution is -0.384. The second-order valence-corrected chi connectivity index (χ2v) is 8.46. The minimum absolute atomic E-state index is 0.0521. The van der Waals surface area contributed by atoms with Gasteiger partial charge in [0.15, 0.2) is 0 Å². The standard InChI is InChI=1S/C22H15N5O4S2/c28-21(19-3-1-11-32-19)23-15-7-10-17(18(13-15)24-22(29)20-4-2-12-33-20)26-25-14-5-8-16(9-6-14)27(30)31/h1-13H,(H,23,28)(H,24,29). The average Bonchev–Trinajstić information content (AvgIpc) is 3.53. The first-order chi connectivity index (χ1) is 16.0. The third kappa shape index (κ3) is 5.53. The molecule has 11 heteroatoms. The lowest BCUT2D eigenvalue weighted by atomic mass is 10.2. The number of thiophene rings is 2. The van der Waals surface area contributed by atoms with Crippen LogP contribution >= 0.6 is 22.7 Å². The second kappa shape index (κ2) is 9.94. The molecule has 0 atom stereocenters. The van der Waals surface area contributed by atoms with Gasteiger partial charge in [-0.05, 0) is 53.2 Å². The number of hydrogen-bond donors (Lipinski definition) is 2. The number of nitro benzene ring substituents is 1. The molecule has 2 heterocycles. The number of nitrogens with zero attached hydrogens (tertiary/aromatic N) is 3. The van der Waals surface area contributed by atoms with Crippen molar-refractivity contribution in [2.75, 3.05) is 10.6 Å². The van der Waals surface area contributed by atoms with Crippen LogP contribution in [0.1, 0.15) is 19.3 Å². The molecule has 0 aliphatic heterocycles. The van der Waals surface area contributed by atoms with E-state index in [1.807, 2.05) is 5.38 Å². The molecular formula is C22H15N5O4S2. The molecule has 33 heavy (non-hydrogen) atoms. The molecule has 9 nitrogen and oxygen atoms in total. The number of non-ortho nitro benzene ring substituents is 1. The first-order valence-electron chi connectivity index (χ1n) is 9.49. The van der Waals surface area contributed by atoms with Crippen LogP contribution in [0.3, 0.4) is 0 Å². The monoisotopic (exact) mass is 477 g/mol. The molecule has 2 N–H and O–H groups in total. The highest BCUT2D eigenvalue weighted by Gasteiger charge is 2.13. The number of carbonyl (C=O) groups is 2. The van der Waals surface area contributed by atoms with Crippen molar-refractivity contribution >= 4 is 62.9 Å². The molecule has 0 aliphatic carbocycles. The first-order valence-corrected chi connectivity index (χ1v) is 11.3. The number of benzene rings is 2. The zero-order chi connectivity index (χ0) is 23.2. The maximum Gasteiger partial charge on any atom is 0.269 e. The van der Waals surface area contributed by atoms with E-state index in [0.29, 0.717) is 32.5 Å². The van der Waals surface area contributed by atoms with Crippen LogP contribution in [0.15, 0.2) is 87.7 Å². The maximum atomic E-state index is 12.6. The number of nitro groups is 1. The first kappa shape index (κ1) is 22.0. The molecule has 0 saturated carbocycles. The van der Waals surface area contributed by atoms with E-state index in [0.717, 1.165) is 0 Å². The number of amides is 2. The van der Waals surface area contributed by atoms with Crippen LogP contribution < -0.4 is 10.6 Å². The zero-order valence-electron chi connectivity index (χ0n) is 16.8. The third-order valence-corrected chi connectivity index (χ3v) is 6.06. The Kier molecular flexibility index (Phi) is 6.62. The molecule has 2 amide bonds. The van der Waals surface area contributed by atoms with Crippen LogP contribution in [0.4, 0.5) is 28.4 Å². The summed E-state index contributed by atoms with van der Waals surface area (Å²) in [5.74, 6) is -0.584. The number of rotatable bonds is 7. The van der Waals surface area contributed by atoms with Gasteiger partial charge in [-0.2, -0.15) is 5.11 Å². The van der Waals surface area contributed by atoms with Crippen molar-refractivity contribution in [3.05, 3.63) is 97.4 Å². The summed E-state index contributed by atoms with van der Waals surface area (Å²) >= 11 is 2.61. The topological polar surface area (TPSA) is 126 Å². The van der Waals surface area contributed by atoms with Gasteiger partial charge in [-0.1, -0.05) is 12.1 Å². The van der Waals surface area contributed by atoms with E-state index in [-0.39, 0.29) is 17.5 Å². The predicted molar refractivity (Wildman–Crippen MR) is 128 cm³/mol. The Bertz CT molecular complexity index is 1320. The number of hydrogen-bond acceptors (Lipinski definition) is 8. The van der Waals surface area contributed by atoms with E-state index in [1.54, 1.807) is 47.8 Å². The van der Waals surface area contributed by atoms with Crippen LogP contribution in [-0.2, 0) is 0 Å². The molecule has 164 valence electrons. The molecule has 0 bridgehead atoms. The lowest BCUT2D eigenvalue weighted by Crippen LogP contribution is -2.12. The van der Waals surface area contributed by atoms with E-state index < -0.39 is 4.92 Å². The van der Waals surface area contributed by atoms with Crippen LogP contribution in [0.2, 0.25) is 0 Å². The van der Waals surface area contributed by atoms with Crippen molar-refractivity contribution in [3.8, 4) is 0 Å². The number of carbonyl (C=O) groups excluding carboxylic acids is 2. The van der Waals surface area contributed by atoms with Gasteiger partial charge in [0.25, 0.3) is 17.5 Å². The normalized spacial score (nSPS) is 10.8. The van der Waals surface area contributed by atoms with Gasteiger partial charge in [0.05, 0.1) is 26.1 Å². The quantitative estimate of drug-likeness (QED) is 0.176. The molecule has 4 rings (SSSR count). The molecule has 4 aromatic rings.